The number of aromatic nitrogens is 2. The van der Waals surface area contributed by atoms with Crippen molar-refractivity contribution in [1.29, 1.82) is 0 Å². The largest absolute Gasteiger partial charge is 0.349 e. The van der Waals surface area contributed by atoms with Gasteiger partial charge in [-0.05, 0) is 5.56 Å². The average Bonchev–Trinajstić information content (AvgIpc) is 2.41. The molecule has 0 atom stereocenters. The van der Waals surface area contributed by atoms with Crippen LogP contribution < -0.4 is 0 Å². The van der Waals surface area contributed by atoms with Gasteiger partial charge in [-0.2, -0.15) is 0 Å². The Morgan fingerprint density at radius 3 is 2.94 bits per heavy atom. The lowest BCUT2D eigenvalue weighted by Crippen LogP contribution is -2.31. The zero-order valence-corrected chi connectivity index (χ0v) is 10.9. The van der Waals surface area contributed by atoms with Crippen molar-refractivity contribution in [1.82, 2.24) is 14.9 Å². The molecule has 1 aromatic heterocycles. The van der Waals surface area contributed by atoms with Crippen LogP contribution in [-0.2, 0) is 19.5 Å². The predicted octanol–water partition coefficient (Wildman–Crippen LogP) is 2.70. The second-order valence-corrected chi connectivity index (χ2v) is 5.00. The topological polar surface area (TPSA) is 31.9 Å². The molecule has 1 aromatic carbocycles. The van der Waals surface area contributed by atoms with E-state index < -0.39 is 0 Å². The summed E-state index contributed by atoms with van der Waals surface area (Å²) >= 11 is 5.30. The van der Waals surface area contributed by atoms with Crippen molar-refractivity contribution in [2.24, 2.45) is 0 Å². The van der Waals surface area contributed by atoms with Crippen molar-refractivity contribution in [3.63, 3.8) is 0 Å². The predicted molar refractivity (Wildman–Crippen MR) is 73.7 cm³/mol. The second-order valence-electron chi connectivity index (χ2n) is 4.61. The van der Waals surface area contributed by atoms with E-state index in [0.717, 1.165) is 30.7 Å². The summed E-state index contributed by atoms with van der Waals surface area (Å²) in [4.78, 5) is 9.80. The lowest BCUT2D eigenvalue weighted by atomic mass is 10.1. The molecule has 1 aliphatic heterocycles. The number of aromatic amines is 1. The summed E-state index contributed by atoms with van der Waals surface area (Å²) in [5.74, 6) is 0. The monoisotopic (exact) mass is 257 g/mol. The molecule has 92 valence electrons. The molecular formula is C14H15N3S. The van der Waals surface area contributed by atoms with Gasteiger partial charge >= 0.3 is 0 Å². The van der Waals surface area contributed by atoms with E-state index in [0.29, 0.717) is 0 Å². The van der Waals surface area contributed by atoms with Crippen LogP contribution in [0.25, 0.3) is 0 Å². The number of hydrogen-bond acceptors (Lipinski definition) is 3. The molecule has 2 heterocycles. The number of rotatable bonds is 2. The summed E-state index contributed by atoms with van der Waals surface area (Å²) in [6.45, 7) is 2.94. The standard InChI is InChI=1S/C14H15N3S/c18-14-12-9-17(7-6-13(12)15-10-16-14)8-11-4-2-1-3-5-11/h1-5,10H,6-9H2,(H,15,16,18). The zero-order valence-electron chi connectivity index (χ0n) is 10.1. The molecule has 2 aromatic rings. The van der Waals surface area contributed by atoms with E-state index in [2.05, 4.69) is 45.2 Å². The minimum Gasteiger partial charge on any atom is -0.349 e. The van der Waals surface area contributed by atoms with E-state index in [1.807, 2.05) is 0 Å². The number of nitrogens with zero attached hydrogens (tertiary/aromatic N) is 2. The fourth-order valence-corrected chi connectivity index (χ4v) is 2.64. The zero-order chi connectivity index (χ0) is 12.4. The van der Waals surface area contributed by atoms with Gasteiger partial charge in [-0.25, -0.2) is 4.98 Å². The van der Waals surface area contributed by atoms with Gasteiger partial charge < -0.3 is 4.98 Å². The van der Waals surface area contributed by atoms with Crippen LogP contribution in [0.4, 0.5) is 0 Å². The van der Waals surface area contributed by atoms with Crippen molar-refractivity contribution in [3.8, 4) is 0 Å². The first-order chi connectivity index (χ1) is 8.83. The van der Waals surface area contributed by atoms with Crippen LogP contribution in [0.2, 0.25) is 0 Å². The quantitative estimate of drug-likeness (QED) is 0.839. The van der Waals surface area contributed by atoms with E-state index in [-0.39, 0.29) is 0 Å². The molecule has 18 heavy (non-hydrogen) atoms. The van der Waals surface area contributed by atoms with E-state index in [1.54, 1.807) is 6.33 Å². The summed E-state index contributed by atoms with van der Waals surface area (Å²) in [5.41, 5.74) is 3.79. The van der Waals surface area contributed by atoms with E-state index in [1.165, 1.54) is 16.8 Å². The van der Waals surface area contributed by atoms with Crippen LogP contribution in [0, 0.1) is 4.64 Å². The Kier molecular flexibility index (Phi) is 3.21. The molecule has 0 amide bonds. The molecule has 0 spiro atoms. The molecule has 0 saturated heterocycles. The van der Waals surface area contributed by atoms with Gasteiger partial charge in [-0.3, -0.25) is 4.90 Å². The third kappa shape index (κ3) is 2.35. The molecule has 0 unspecified atom stereocenters. The van der Waals surface area contributed by atoms with E-state index in [9.17, 15) is 0 Å². The Bertz CT molecular complexity index is 591. The van der Waals surface area contributed by atoms with Gasteiger partial charge in [0.15, 0.2) is 0 Å². The normalized spacial score (nSPS) is 15.3. The number of benzene rings is 1. The van der Waals surface area contributed by atoms with Crippen LogP contribution in [0.3, 0.4) is 0 Å². The van der Waals surface area contributed by atoms with Crippen LogP contribution in [-0.4, -0.2) is 21.4 Å². The number of hydrogen-bond donors (Lipinski definition) is 1. The Balaban J connectivity index is 1.79. The maximum Gasteiger partial charge on any atom is 0.134 e. The molecule has 1 N–H and O–H groups in total. The summed E-state index contributed by atoms with van der Waals surface area (Å²) in [5, 5.41) is 0. The molecule has 0 saturated carbocycles. The third-order valence-electron chi connectivity index (χ3n) is 3.35. The Morgan fingerprint density at radius 1 is 1.28 bits per heavy atom. The highest BCUT2D eigenvalue weighted by Gasteiger charge is 2.17. The SMILES string of the molecule is S=c1nc[nH]c2c1CN(Cc1ccccc1)CC2. The lowest BCUT2D eigenvalue weighted by molar-refractivity contribution is 0.242. The summed E-state index contributed by atoms with van der Waals surface area (Å²) < 4.78 is 0.738. The maximum atomic E-state index is 5.30. The average molecular weight is 257 g/mol. The van der Waals surface area contributed by atoms with Gasteiger partial charge in [0.05, 0.1) is 6.33 Å². The fourth-order valence-electron chi connectivity index (χ4n) is 2.40. The van der Waals surface area contributed by atoms with Crippen molar-refractivity contribution in [3.05, 3.63) is 58.1 Å². The van der Waals surface area contributed by atoms with E-state index >= 15 is 0 Å². The van der Waals surface area contributed by atoms with Crippen LogP contribution in [0.5, 0.6) is 0 Å². The summed E-state index contributed by atoms with van der Waals surface area (Å²) in [6.07, 6.45) is 2.72. The molecule has 0 aliphatic carbocycles. The number of fused-ring (bicyclic) bond motifs is 1. The first-order valence-corrected chi connectivity index (χ1v) is 6.55. The summed E-state index contributed by atoms with van der Waals surface area (Å²) in [6, 6.07) is 10.6. The van der Waals surface area contributed by atoms with Crippen molar-refractivity contribution in [2.75, 3.05) is 6.54 Å². The minimum absolute atomic E-state index is 0.738. The maximum absolute atomic E-state index is 5.30. The third-order valence-corrected chi connectivity index (χ3v) is 3.70. The molecule has 1 aliphatic rings. The molecule has 3 nitrogen and oxygen atoms in total. The van der Waals surface area contributed by atoms with Gasteiger partial charge in [-0.15, -0.1) is 0 Å². The molecule has 3 rings (SSSR count). The fraction of sp³-hybridized carbons (Fsp3) is 0.286. The van der Waals surface area contributed by atoms with Gasteiger partial charge in [0, 0.05) is 37.3 Å². The number of nitrogens with one attached hydrogen (secondary N) is 1. The van der Waals surface area contributed by atoms with Crippen LogP contribution >= 0.6 is 12.2 Å². The Hall–Kier alpha value is -1.52. The highest BCUT2D eigenvalue weighted by Crippen LogP contribution is 2.18. The number of H-pyrrole nitrogens is 1. The van der Waals surface area contributed by atoms with Gasteiger partial charge in [-0.1, -0.05) is 42.5 Å². The van der Waals surface area contributed by atoms with E-state index in [4.69, 9.17) is 12.2 Å². The molecular weight excluding hydrogens is 242 g/mol. The van der Waals surface area contributed by atoms with Crippen LogP contribution in [0.1, 0.15) is 16.8 Å². The second kappa shape index (κ2) is 5.00. The van der Waals surface area contributed by atoms with Gasteiger partial charge in [0.2, 0.25) is 0 Å². The van der Waals surface area contributed by atoms with Gasteiger partial charge in [0.25, 0.3) is 0 Å². The smallest absolute Gasteiger partial charge is 0.134 e. The highest BCUT2D eigenvalue weighted by molar-refractivity contribution is 7.71. The van der Waals surface area contributed by atoms with Crippen LogP contribution in [0.15, 0.2) is 36.7 Å². The lowest BCUT2D eigenvalue weighted by Gasteiger charge is -2.28. The highest BCUT2D eigenvalue weighted by atomic mass is 32.1. The Morgan fingerprint density at radius 2 is 2.11 bits per heavy atom. The molecule has 4 heteroatoms. The van der Waals surface area contributed by atoms with Crippen molar-refractivity contribution in [2.45, 2.75) is 19.5 Å². The molecule has 0 bridgehead atoms. The molecule has 0 fully saturated rings. The first-order valence-electron chi connectivity index (χ1n) is 6.14. The molecule has 0 radical (unpaired) electrons. The van der Waals surface area contributed by atoms with Gasteiger partial charge in [0.1, 0.15) is 4.64 Å². The van der Waals surface area contributed by atoms with Crippen molar-refractivity contribution < 1.29 is 0 Å². The first kappa shape index (κ1) is 11.6. The minimum atomic E-state index is 0.738. The van der Waals surface area contributed by atoms with Crippen molar-refractivity contribution >= 4 is 12.2 Å². The Labute approximate surface area is 112 Å². The summed E-state index contributed by atoms with van der Waals surface area (Å²) in [7, 11) is 0.